The van der Waals surface area contributed by atoms with Crippen LogP contribution in [0.2, 0.25) is 0 Å². The summed E-state index contributed by atoms with van der Waals surface area (Å²) in [6.45, 7) is 1.93. The monoisotopic (exact) mass is 338 g/mol. The van der Waals surface area contributed by atoms with Gasteiger partial charge >= 0.3 is 5.97 Å². The number of esters is 1. The van der Waals surface area contributed by atoms with Crippen LogP contribution in [0.4, 0.5) is 5.69 Å². The predicted octanol–water partition coefficient (Wildman–Crippen LogP) is 1.16. The highest BCUT2D eigenvalue weighted by molar-refractivity contribution is 5.81. The fourth-order valence-electron chi connectivity index (χ4n) is 2.30. The Morgan fingerprint density at radius 3 is 2.62 bits per heavy atom. The third kappa shape index (κ3) is 5.62. The Kier molecular flexibility index (Phi) is 7.84. The van der Waals surface area contributed by atoms with Crippen molar-refractivity contribution < 1.29 is 24.4 Å². The molecular formula is C16H22N2O6. The van der Waals surface area contributed by atoms with E-state index < -0.39 is 16.8 Å². The van der Waals surface area contributed by atoms with Crippen LogP contribution in [0.5, 0.6) is 0 Å². The molecule has 0 radical (unpaired) electrons. The molecule has 0 aliphatic rings. The van der Waals surface area contributed by atoms with Gasteiger partial charge in [-0.25, -0.2) is 0 Å². The lowest BCUT2D eigenvalue weighted by Gasteiger charge is -2.25. The minimum Gasteiger partial charge on any atom is -0.469 e. The molecule has 1 aromatic carbocycles. The fourth-order valence-corrected chi connectivity index (χ4v) is 2.30. The van der Waals surface area contributed by atoms with Crippen molar-refractivity contribution >= 4 is 17.6 Å². The summed E-state index contributed by atoms with van der Waals surface area (Å²) in [7, 11) is 1.27. The van der Waals surface area contributed by atoms with Crippen molar-refractivity contribution in [3.63, 3.8) is 0 Å². The summed E-state index contributed by atoms with van der Waals surface area (Å²) in [5, 5.41) is 20.0. The van der Waals surface area contributed by atoms with E-state index in [1.165, 1.54) is 30.2 Å². The number of amides is 1. The smallest absolute Gasteiger partial charge is 0.310 e. The number of ether oxygens (including phenoxy) is 1. The Morgan fingerprint density at radius 2 is 2.04 bits per heavy atom. The van der Waals surface area contributed by atoms with Crippen LogP contribution in [-0.2, 0) is 20.7 Å². The number of hydrogen-bond donors (Lipinski definition) is 1. The number of nitrogens with zero attached hydrogens (tertiary/aromatic N) is 2. The van der Waals surface area contributed by atoms with E-state index in [0.29, 0.717) is 12.0 Å². The molecule has 0 spiro atoms. The zero-order valence-electron chi connectivity index (χ0n) is 13.8. The van der Waals surface area contributed by atoms with Gasteiger partial charge in [0.05, 0.1) is 24.4 Å². The highest BCUT2D eigenvalue weighted by atomic mass is 16.6. The van der Waals surface area contributed by atoms with E-state index in [-0.39, 0.29) is 37.7 Å². The lowest BCUT2D eigenvalue weighted by molar-refractivity contribution is -0.385. The number of nitro groups is 1. The van der Waals surface area contributed by atoms with Gasteiger partial charge in [-0.2, -0.15) is 0 Å². The first-order chi connectivity index (χ1) is 11.4. The first-order valence-corrected chi connectivity index (χ1v) is 7.59. The van der Waals surface area contributed by atoms with Crippen LogP contribution in [0.15, 0.2) is 24.3 Å². The van der Waals surface area contributed by atoms with Crippen molar-refractivity contribution in [2.45, 2.75) is 19.8 Å². The van der Waals surface area contributed by atoms with Gasteiger partial charge < -0.3 is 14.7 Å². The summed E-state index contributed by atoms with van der Waals surface area (Å²) in [5.41, 5.74) is 0.196. The zero-order valence-corrected chi connectivity index (χ0v) is 13.8. The average molecular weight is 338 g/mol. The van der Waals surface area contributed by atoms with Crippen molar-refractivity contribution in [2.24, 2.45) is 5.92 Å². The number of benzene rings is 1. The number of aliphatic hydroxyl groups is 1. The van der Waals surface area contributed by atoms with Crippen molar-refractivity contribution in [1.82, 2.24) is 4.90 Å². The molecule has 0 saturated heterocycles. The SMILES string of the molecule is COC(=O)C(C)CN(CCCO)C(=O)Cc1ccccc1[N+](=O)[O-]. The number of para-hydroxylation sites is 1. The molecule has 0 aromatic heterocycles. The number of hydrogen-bond acceptors (Lipinski definition) is 6. The first-order valence-electron chi connectivity index (χ1n) is 7.59. The Bertz CT molecular complexity index is 590. The van der Waals surface area contributed by atoms with Crippen molar-refractivity contribution in [3.8, 4) is 0 Å². The molecule has 0 aliphatic carbocycles. The number of rotatable bonds is 9. The average Bonchev–Trinajstić information content (AvgIpc) is 2.57. The van der Waals surface area contributed by atoms with Crippen LogP contribution >= 0.6 is 0 Å². The van der Waals surface area contributed by atoms with Crippen molar-refractivity contribution in [3.05, 3.63) is 39.9 Å². The molecular weight excluding hydrogens is 316 g/mol. The summed E-state index contributed by atoms with van der Waals surface area (Å²) in [6, 6.07) is 6.04. The third-order valence-corrected chi connectivity index (χ3v) is 3.57. The zero-order chi connectivity index (χ0) is 18.1. The van der Waals surface area contributed by atoms with Crippen molar-refractivity contribution in [2.75, 3.05) is 26.8 Å². The van der Waals surface area contributed by atoms with Crippen LogP contribution in [0, 0.1) is 16.0 Å². The Balaban J connectivity index is 2.88. The maximum Gasteiger partial charge on any atom is 0.310 e. The molecule has 1 aromatic rings. The molecule has 8 nitrogen and oxygen atoms in total. The van der Waals surface area contributed by atoms with E-state index in [4.69, 9.17) is 5.11 Å². The molecule has 0 heterocycles. The van der Waals surface area contributed by atoms with Gasteiger partial charge in [-0.15, -0.1) is 0 Å². The summed E-state index contributed by atoms with van der Waals surface area (Å²) in [5.74, 6) is -1.31. The maximum absolute atomic E-state index is 12.5. The van der Waals surface area contributed by atoms with Crippen LogP contribution < -0.4 is 0 Å². The molecule has 24 heavy (non-hydrogen) atoms. The molecule has 8 heteroatoms. The largest absolute Gasteiger partial charge is 0.469 e. The van der Waals surface area contributed by atoms with E-state index in [0.717, 1.165) is 0 Å². The Morgan fingerprint density at radius 1 is 1.38 bits per heavy atom. The maximum atomic E-state index is 12.5. The van der Waals surface area contributed by atoms with Crippen LogP contribution in [-0.4, -0.2) is 53.6 Å². The van der Waals surface area contributed by atoms with Gasteiger partial charge in [-0.3, -0.25) is 19.7 Å². The second kappa shape index (κ2) is 9.61. The molecule has 132 valence electrons. The summed E-state index contributed by atoms with van der Waals surface area (Å²) in [6.07, 6.45) is 0.215. The van der Waals surface area contributed by atoms with E-state index in [2.05, 4.69) is 4.74 Å². The normalized spacial score (nSPS) is 11.6. The number of carbonyl (C=O) groups excluding carboxylic acids is 2. The standard InChI is InChI=1S/C16H22N2O6/c1-12(16(21)24-2)11-17(8-5-9-19)15(20)10-13-6-3-4-7-14(13)18(22)23/h3-4,6-7,12,19H,5,8-11H2,1-2H3. The third-order valence-electron chi connectivity index (χ3n) is 3.57. The van der Waals surface area contributed by atoms with Gasteiger partial charge in [0.1, 0.15) is 0 Å². The minimum atomic E-state index is -0.530. The lowest BCUT2D eigenvalue weighted by atomic mass is 10.1. The quantitative estimate of drug-likeness (QED) is 0.411. The Labute approximate surface area is 140 Å². The van der Waals surface area contributed by atoms with Gasteiger partial charge in [0.2, 0.25) is 5.91 Å². The first kappa shape index (κ1) is 19.6. The van der Waals surface area contributed by atoms with Gasteiger partial charge in [0.15, 0.2) is 0 Å². The highest BCUT2D eigenvalue weighted by Gasteiger charge is 2.23. The van der Waals surface area contributed by atoms with E-state index in [1.807, 2.05) is 0 Å². The second-order valence-corrected chi connectivity index (χ2v) is 5.40. The molecule has 1 rings (SSSR count). The molecule has 1 amide bonds. The van der Waals surface area contributed by atoms with Crippen LogP contribution in [0.25, 0.3) is 0 Å². The Hall–Kier alpha value is -2.48. The lowest BCUT2D eigenvalue weighted by Crippen LogP contribution is -2.39. The minimum absolute atomic E-state index is 0.0954. The van der Waals surface area contributed by atoms with Crippen LogP contribution in [0.1, 0.15) is 18.9 Å². The fraction of sp³-hybridized carbons (Fsp3) is 0.500. The van der Waals surface area contributed by atoms with Gasteiger partial charge in [0, 0.05) is 31.3 Å². The number of methoxy groups -OCH3 is 1. The van der Waals surface area contributed by atoms with E-state index in [9.17, 15) is 19.7 Å². The molecule has 0 saturated carbocycles. The summed E-state index contributed by atoms with van der Waals surface area (Å²) in [4.78, 5) is 36.0. The highest BCUT2D eigenvalue weighted by Crippen LogP contribution is 2.19. The van der Waals surface area contributed by atoms with Crippen molar-refractivity contribution in [1.29, 1.82) is 0 Å². The van der Waals surface area contributed by atoms with E-state index in [1.54, 1.807) is 13.0 Å². The predicted molar refractivity (Wildman–Crippen MR) is 86.3 cm³/mol. The summed E-state index contributed by atoms with van der Waals surface area (Å²) >= 11 is 0. The molecule has 0 fully saturated rings. The van der Waals surface area contributed by atoms with Gasteiger partial charge in [0.25, 0.3) is 5.69 Å². The molecule has 1 N–H and O–H groups in total. The van der Waals surface area contributed by atoms with E-state index >= 15 is 0 Å². The number of carbonyl (C=O) groups is 2. The van der Waals surface area contributed by atoms with Gasteiger partial charge in [-0.05, 0) is 6.42 Å². The second-order valence-electron chi connectivity index (χ2n) is 5.40. The molecule has 0 aliphatic heterocycles. The topological polar surface area (TPSA) is 110 Å². The molecule has 1 unspecified atom stereocenters. The molecule has 1 atom stereocenters. The molecule has 0 bridgehead atoms. The summed E-state index contributed by atoms with van der Waals surface area (Å²) < 4.78 is 4.65. The van der Waals surface area contributed by atoms with Gasteiger partial charge in [-0.1, -0.05) is 25.1 Å². The van der Waals surface area contributed by atoms with Crippen LogP contribution in [0.3, 0.4) is 0 Å². The number of nitro benzene ring substituents is 1. The number of aliphatic hydroxyl groups excluding tert-OH is 1.